The molecule has 1 N–H and O–H groups in total. The number of likely N-dealkylation sites (tertiary alicyclic amines) is 1. The molecule has 0 aliphatic carbocycles. The summed E-state index contributed by atoms with van der Waals surface area (Å²) >= 11 is 0. The largest absolute Gasteiger partial charge is 0.422 e. The molecule has 0 bridgehead atoms. The summed E-state index contributed by atoms with van der Waals surface area (Å²) in [6, 6.07) is 8.54. The Labute approximate surface area is 169 Å². The molecule has 2 unspecified atom stereocenters. The van der Waals surface area contributed by atoms with Gasteiger partial charge in [0.05, 0.1) is 11.7 Å². The Morgan fingerprint density at radius 1 is 1.21 bits per heavy atom. The Morgan fingerprint density at radius 3 is 2.76 bits per heavy atom. The molecule has 7 heteroatoms. The Kier molecular flexibility index (Phi) is 5.67. The van der Waals surface area contributed by atoms with Crippen LogP contribution in [0, 0.1) is 0 Å². The van der Waals surface area contributed by atoms with Gasteiger partial charge in [-0.1, -0.05) is 18.6 Å². The van der Waals surface area contributed by atoms with Crippen LogP contribution in [0.3, 0.4) is 0 Å². The van der Waals surface area contributed by atoms with Crippen LogP contribution in [-0.2, 0) is 11.3 Å². The number of fused-ring (bicyclic) bond motifs is 3. The van der Waals surface area contributed by atoms with E-state index in [2.05, 4.69) is 29.2 Å². The van der Waals surface area contributed by atoms with Gasteiger partial charge < -0.3 is 9.73 Å². The molecule has 7 nitrogen and oxygen atoms in total. The predicted molar refractivity (Wildman–Crippen MR) is 113 cm³/mol. The highest BCUT2D eigenvalue weighted by molar-refractivity contribution is 6.02. The summed E-state index contributed by atoms with van der Waals surface area (Å²) in [5.41, 5.74) is 0.704. The summed E-state index contributed by atoms with van der Waals surface area (Å²) in [6.07, 6.45) is 6.21. The van der Waals surface area contributed by atoms with Crippen molar-refractivity contribution in [3.63, 3.8) is 0 Å². The second-order valence-corrected chi connectivity index (χ2v) is 8.02. The summed E-state index contributed by atoms with van der Waals surface area (Å²) in [5, 5.41) is 8.42. The number of benzene rings is 1. The minimum absolute atomic E-state index is 0.0769. The predicted octanol–water partition coefficient (Wildman–Crippen LogP) is 2.91. The molecular weight excluding hydrogens is 368 g/mol. The van der Waals surface area contributed by atoms with Gasteiger partial charge >= 0.3 is 5.63 Å². The number of hydrogen-bond acceptors (Lipinski definition) is 5. The highest BCUT2D eigenvalue weighted by atomic mass is 16.4. The average Bonchev–Trinajstić information content (AvgIpc) is 3.12. The normalized spacial score (nSPS) is 20.3. The molecule has 29 heavy (non-hydrogen) atoms. The van der Waals surface area contributed by atoms with Crippen molar-refractivity contribution in [2.75, 3.05) is 13.1 Å². The van der Waals surface area contributed by atoms with Crippen LogP contribution in [0.25, 0.3) is 21.9 Å². The third-order valence-corrected chi connectivity index (χ3v) is 5.99. The van der Waals surface area contributed by atoms with E-state index in [1.807, 2.05) is 18.2 Å². The third kappa shape index (κ3) is 4.05. The van der Waals surface area contributed by atoms with Crippen LogP contribution < -0.4 is 10.9 Å². The highest BCUT2D eigenvalue weighted by Gasteiger charge is 2.23. The number of piperidine rings is 1. The van der Waals surface area contributed by atoms with Crippen molar-refractivity contribution in [2.45, 2.75) is 58.2 Å². The highest BCUT2D eigenvalue weighted by Crippen LogP contribution is 2.23. The van der Waals surface area contributed by atoms with Crippen LogP contribution in [0.5, 0.6) is 0 Å². The first-order chi connectivity index (χ1) is 14.0. The number of carbonyl (C=O) groups excluding carboxylic acids is 1. The zero-order valence-corrected chi connectivity index (χ0v) is 17.1. The van der Waals surface area contributed by atoms with Gasteiger partial charge in [0.2, 0.25) is 5.91 Å². The van der Waals surface area contributed by atoms with Crippen molar-refractivity contribution in [1.29, 1.82) is 0 Å². The van der Waals surface area contributed by atoms with Crippen LogP contribution in [0.4, 0.5) is 0 Å². The number of amides is 1. The lowest BCUT2D eigenvalue weighted by Crippen LogP contribution is -2.44. The van der Waals surface area contributed by atoms with E-state index in [9.17, 15) is 9.59 Å². The summed E-state index contributed by atoms with van der Waals surface area (Å²) in [5.74, 6) is -0.105. The molecule has 0 spiro atoms. The SMILES string of the molecule is CC1CCCC(C)N1CCCNC(=O)Cn1ncc2c(=O)oc3ccccc3c21. The van der Waals surface area contributed by atoms with E-state index in [0.717, 1.165) is 18.4 Å². The fourth-order valence-electron chi connectivity index (χ4n) is 4.44. The van der Waals surface area contributed by atoms with Crippen LogP contribution in [0.2, 0.25) is 0 Å². The number of hydrogen-bond donors (Lipinski definition) is 1. The fraction of sp³-hybridized carbons (Fsp3) is 0.500. The zero-order chi connectivity index (χ0) is 20.4. The maximum absolute atomic E-state index is 12.5. The van der Waals surface area contributed by atoms with Crippen molar-refractivity contribution in [3.05, 3.63) is 40.9 Å². The number of para-hydroxylation sites is 1. The molecule has 0 saturated carbocycles. The molecule has 154 valence electrons. The molecule has 4 rings (SSSR count). The Morgan fingerprint density at radius 2 is 1.97 bits per heavy atom. The van der Waals surface area contributed by atoms with E-state index in [1.165, 1.54) is 25.5 Å². The van der Waals surface area contributed by atoms with Crippen molar-refractivity contribution >= 4 is 27.8 Å². The van der Waals surface area contributed by atoms with Gasteiger partial charge in [-0.2, -0.15) is 5.10 Å². The number of aromatic nitrogens is 2. The van der Waals surface area contributed by atoms with Gasteiger partial charge in [0.15, 0.2) is 0 Å². The zero-order valence-electron chi connectivity index (χ0n) is 17.1. The molecular formula is C22H28N4O3. The molecule has 1 amide bonds. The summed E-state index contributed by atoms with van der Waals surface area (Å²) in [6.45, 7) is 6.29. The van der Waals surface area contributed by atoms with Crippen LogP contribution in [0.1, 0.15) is 39.5 Å². The molecule has 1 fully saturated rings. The van der Waals surface area contributed by atoms with Gasteiger partial charge in [-0.15, -0.1) is 0 Å². The van der Waals surface area contributed by atoms with E-state index in [-0.39, 0.29) is 12.5 Å². The minimum Gasteiger partial charge on any atom is -0.422 e. The van der Waals surface area contributed by atoms with Gasteiger partial charge in [-0.25, -0.2) is 4.79 Å². The van der Waals surface area contributed by atoms with E-state index in [4.69, 9.17) is 4.42 Å². The number of rotatable bonds is 6. The second-order valence-electron chi connectivity index (χ2n) is 8.02. The molecule has 1 saturated heterocycles. The first kappa shape index (κ1) is 19.6. The number of nitrogens with zero attached hydrogens (tertiary/aromatic N) is 3. The lowest BCUT2D eigenvalue weighted by atomic mass is 9.97. The molecule has 3 aromatic rings. The van der Waals surface area contributed by atoms with Gasteiger partial charge in [-0.05, 0) is 45.2 Å². The van der Waals surface area contributed by atoms with E-state index < -0.39 is 5.63 Å². The summed E-state index contributed by atoms with van der Waals surface area (Å²) in [7, 11) is 0. The third-order valence-electron chi connectivity index (χ3n) is 5.99. The Hall–Kier alpha value is -2.67. The molecule has 0 radical (unpaired) electrons. The van der Waals surface area contributed by atoms with Crippen molar-refractivity contribution in [3.8, 4) is 0 Å². The summed E-state index contributed by atoms with van der Waals surface area (Å²) < 4.78 is 6.92. The van der Waals surface area contributed by atoms with Gasteiger partial charge in [0.1, 0.15) is 17.5 Å². The number of carbonyl (C=O) groups is 1. The van der Waals surface area contributed by atoms with Gasteiger partial charge in [0.25, 0.3) is 0 Å². The van der Waals surface area contributed by atoms with Crippen LogP contribution in [0.15, 0.2) is 39.7 Å². The maximum atomic E-state index is 12.5. The van der Waals surface area contributed by atoms with Crippen molar-refractivity contribution in [2.24, 2.45) is 0 Å². The Balaban J connectivity index is 1.39. The maximum Gasteiger partial charge on any atom is 0.347 e. The smallest absolute Gasteiger partial charge is 0.347 e. The second kappa shape index (κ2) is 8.37. The first-order valence-electron chi connectivity index (χ1n) is 10.4. The molecule has 1 aliphatic rings. The fourth-order valence-corrected chi connectivity index (χ4v) is 4.44. The molecule has 3 heterocycles. The van der Waals surface area contributed by atoms with Crippen molar-refractivity contribution in [1.82, 2.24) is 20.0 Å². The number of nitrogens with one attached hydrogen (secondary N) is 1. The molecule has 2 aromatic heterocycles. The minimum atomic E-state index is -0.435. The molecule has 1 aromatic carbocycles. The average molecular weight is 396 g/mol. The summed E-state index contributed by atoms with van der Waals surface area (Å²) in [4.78, 5) is 27.2. The monoisotopic (exact) mass is 396 g/mol. The topological polar surface area (TPSA) is 80.4 Å². The van der Waals surface area contributed by atoms with E-state index in [1.54, 1.807) is 10.7 Å². The van der Waals surface area contributed by atoms with Crippen LogP contribution in [-0.4, -0.2) is 45.8 Å². The van der Waals surface area contributed by atoms with Crippen molar-refractivity contribution < 1.29 is 9.21 Å². The Bertz CT molecular complexity index is 1060. The molecule has 1 aliphatic heterocycles. The standard InChI is InChI=1S/C22H28N4O3/c1-15-7-5-8-16(2)25(15)12-6-11-23-20(27)14-26-21-17-9-3-4-10-19(17)29-22(28)18(21)13-24-26/h3-4,9-10,13,15-16H,5-8,11-12,14H2,1-2H3,(H,23,27). The quantitative estimate of drug-likeness (QED) is 0.512. The van der Waals surface area contributed by atoms with Gasteiger partial charge in [-0.3, -0.25) is 14.4 Å². The van der Waals surface area contributed by atoms with Crippen LogP contribution >= 0.6 is 0 Å². The van der Waals surface area contributed by atoms with E-state index in [0.29, 0.717) is 35.1 Å². The first-order valence-corrected chi connectivity index (χ1v) is 10.4. The van der Waals surface area contributed by atoms with Gasteiger partial charge in [0, 0.05) is 30.6 Å². The lowest BCUT2D eigenvalue weighted by Gasteiger charge is -2.39. The lowest BCUT2D eigenvalue weighted by molar-refractivity contribution is -0.121. The van der Waals surface area contributed by atoms with E-state index >= 15 is 0 Å². The molecule has 2 atom stereocenters.